The average Bonchev–Trinajstić information content (AvgIpc) is 3.01. The van der Waals surface area contributed by atoms with Crippen molar-refractivity contribution < 1.29 is 9.47 Å². The lowest BCUT2D eigenvalue weighted by Crippen LogP contribution is -2.00. The minimum Gasteiger partial charge on any atom is -0.494 e. The summed E-state index contributed by atoms with van der Waals surface area (Å²) >= 11 is 0. The molecule has 0 spiro atoms. The summed E-state index contributed by atoms with van der Waals surface area (Å²) in [6.07, 6.45) is 5.44. The molecule has 1 aromatic heterocycles. The summed E-state index contributed by atoms with van der Waals surface area (Å²) in [5.41, 5.74) is 0.425. The van der Waals surface area contributed by atoms with Gasteiger partial charge in [-0.1, -0.05) is 0 Å². The lowest BCUT2D eigenvalue weighted by Gasteiger charge is -2.08. The Morgan fingerprint density at radius 1 is 1.43 bits per heavy atom. The first-order chi connectivity index (χ1) is 6.85. The summed E-state index contributed by atoms with van der Waals surface area (Å²) < 4.78 is 10.5. The lowest BCUT2D eigenvalue weighted by atomic mass is 10.2. The molecule has 1 fully saturated rings. The molecule has 0 radical (unpaired) electrons. The van der Waals surface area contributed by atoms with Crippen LogP contribution >= 0.6 is 0 Å². The van der Waals surface area contributed by atoms with Crippen LogP contribution in [0.2, 0.25) is 0 Å². The van der Waals surface area contributed by atoms with E-state index in [9.17, 15) is 0 Å². The van der Waals surface area contributed by atoms with Gasteiger partial charge in [-0.3, -0.25) is 4.98 Å². The average molecular weight is 190 g/mol. The van der Waals surface area contributed by atoms with E-state index < -0.39 is 0 Å². The highest BCUT2D eigenvalue weighted by atomic mass is 16.5. The van der Waals surface area contributed by atoms with Crippen molar-refractivity contribution in [3.05, 3.63) is 18.0 Å². The van der Waals surface area contributed by atoms with Gasteiger partial charge in [-0.25, -0.2) is 0 Å². The van der Waals surface area contributed by atoms with Gasteiger partial charge in [0.05, 0.1) is 25.6 Å². The van der Waals surface area contributed by atoms with Gasteiger partial charge in [-0.05, 0) is 12.8 Å². The topological polar surface area (TPSA) is 55.1 Å². The third-order valence-corrected chi connectivity index (χ3v) is 2.03. The molecule has 72 valence electrons. The van der Waals surface area contributed by atoms with Crippen LogP contribution in [0.1, 0.15) is 18.4 Å². The molecule has 1 aromatic rings. The third kappa shape index (κ3) is 1.62. The number of hydrogen-bond donors (Lipinski definition) is 0. The van der Waals surface area contributed by atoms with Crippen molar-refractivity contribution in [1.29, 1.82) is 5.26 Å². The zero-order valence-corrected chi connectivity index (χ0v) is 7.86. The Morgan fingerprint density at radius 2 is 2.14 bits per heavy atom. The molecule has 4 nitrogen and oxygen atoms in total. The first-order valence-corrected chi connectivity index (χ1v) is 4.44. The molecule has 1 aliphatic carbocycles. The van der Waals surface area contributed by atoms with Gasteiger partial charge in [0.15, 0.2) is 11.5 Å². The monoisotopic (exact) mass is 190 g/mol. The van der Waals surface area contributed by atoms with Gasteiger partial charge in [0.1, 0.15) is 11.6 Å². The van der Waals surface area contributed by atoms with Gasteiger partial charge < -0.3 is 9.47 Å². The van der Waals surface area contributed by atoms with E-state index in [-0.39, 0.29) is 6.10 Å². The fraction of sp³-hybridized carbons (Fsp3) is 0.400. The molecule has 4 heteroatoms. The minimum atomic E-state index is 0.260. The summed E-state index contributed by atoms with van der Waals surface area (Å²) in [6.45, 7) is 0. The van der Waals surface area contributed by atoms with E-state index in [0.29, 0.717) is 17.1 Å². The molecule has 0 unspecified atom stereocenters. The van der Waals surface area contributed by atoms with Crippen LogP contribution in [0.3, 0.4) is 0 Å². The first kappa shape index (κ1) is 8.82. The molecule has 0 N–H and O–H groups in total. The number of pyridine rings is 1. The van der Waals surface area contributed by atoms with E-state index >= 15 is 0 Å². The number of methoxy groups -OCH3 is 1. The molecule has 1 heterocycles. The SMILES string of the molecule is COc1cncc(OC2CC2)c1C#N. The molecule has 1 saturated carbocycles. The van der Waals surface area contributed by atoms with E-state index in [1.807, 2.05) is 0 Å². The molecule has 0 amide bonds. The molecule has 0 saturated heterocycles. The van der Waals surface area contributed by atoms with Crippen LogP contribution in [0.25, 0.3) is 0 Å². The summed E-state index contributed by atoms with van der Waals surface area (Å²) in [5, 5.41) is 8.93. The number of nitriles is 1. The fourth-order valence-electron chi connectivity index (χ4n) is 1.14. The second-order valence-electron chi connectivity index (χ2n) is 3.14. The van der Waals surface area contributed by atoms with Crippen LogP contribution in [0.15, 0.2) is 12.4 Å². The smallest absolute Gasteiger partial charge is 0.159 e. The van der Waals surface area contributed by atoms with Crippen LogP contribution in [0, 0.1) is 11.3 Å². The molecule has 0 bridgehead atoms. The van der Waals surface area contributed by atoms with E-state index in [1.54, 1.807) is 6.20 Å². The lowest BCUT2D eigenvalue weighted by molar-refractivity contribution is 0.298. The number of rotatable bonds is 3. The number of hydrogen-bond acceptors (Lipinski definition) is 4. The molecule has 0 atom stereocenters. The summed E-state index contributed by atoms with van der Waals surface area (Å²) in [4.78, 5) is 3.94. The Hall–Kier alpha value is -1.76. The second kappa shape index (κ2) is 3.54. The fourth-order valence-corrected chi connectivity index (χ4v) is 1.14. The predicted molar refractivity (Wildman–Crippen MR) is 49.2 cm³/mol. The highest BCUT2D eigenvalue weighted by molar-refractivity contribution is 5.50. The zero-order valence-electron chi connectivity index (χ0n) is 7.86. The van der Waals surface area contributed by atoms with Gasteiger partial charge in [-0.15, -0.1) is 0 Å². The van der Waals surface area contributed by atoms with Crippen molar-refractivity contribution >= 4 is 0 Å². The van der Waals surface area contributed by atoms with E-state index in [1.165, 1.54) is 13.3 Å². The Kier molecular flexibility index (Phi) is 2.23. The van der Waals surface area contributed by atoms with Gasteiger partial charge in [-0.2, -0.15) is 5.26 Å². The highest BCUT2D eigenvalue weighted by Crippen LogP contribution is 2.31. The summed E-state index contributed by atoms with van der Waals surface area (Å²) in [6, 6.07) is 2.06. The van der Waals surface area contributed by atoms with Gasteiger partial charge in [0.2, 0.25) is 0 Å². The number of aromatic nitrogens is 1. The largest absolute Gasteiger partial charge is 0.494 e. The Balaban J connectivity index is 2.32. The Morgan fingerprint density at radius 3 is 2.71 bits per heavy atom. The van der Waals surface area contributed by atoms with Crippen LogP contribution in [0.4, 0.5) is 0 Å². The number of ether oxygens (including phenoxy) is 2. The third-order valence-electron chi connectivity index (χ3n) is 2.03. The maximum absolute atomic E-state index is 8.93. The Bertz CT molecular complexity index is 380. The van der Waals surface area contributed by atoms with Gasteiger partial charge >= 0.3 is 0 Å². The maximum atomic E-state index is 8.93. The Labute approximate surface area is 82.1 Å². The van der Waals surface area contributed by atoms with Crippen LogP contribution in [-0.4, -0.2) is 18.2 Å². The molecule has 2 rings (SSSR count). The summed E-state index contributed by atoms with van der Waals surface area (Å²) in [5.74, 6) is 0.986. The van der Waals surface area contributed by atoms with E-state index in [4.69, 9.17) is 14.7 Å². The molecule has 0 aliphatic heterocycles. The van der Waals surface area contributed by atoms with Crippen molar-refractivity contribution in [2.45, 2.75) is 18.9 Å². The van der Waals surface area contributed by atoms with Crippen molar-refractivity contribution in [2.24, 2.45) is 0 Å². The maximum Gasteiger partial charge on any atom is 0.159 e. The molecule has 0 aromatic carbocycles. The van der Waals surface area contributed by atoms with Crippen molar-refractivity contribution in [2.75, 3.05) is 7.11 Å². The second-order valence-corrected chi connectivity index (χ2v) is 3.14. The van der Waals surface area contributed by atoms with Crippen molar-refractivity contribution in [3.8, 4) is 17.6 Å². The van der Waals surface area contributed by atoms with Crippen LogP contribution in [0.5, 0.6) is 11.5 Å². The summed E-state index contributed by atoms with van der Waals surface area (Å²) in [7, 11) is 1.51. The quantitative estimate of drug-likeness (QED) is 0.724. The van der Waals surface area contributed by atoms with E-state index in [2.05, 4.69) is 11.1 Å². The number of nitrogens with zero attached hydrogens (tertiary/aromatic N) is 2. The zero-order chi connectivity index (χ0) is 9.97. The van der Waals surface area contributed by atoms with Crippen molar-refractivity contribution in [3.63, 3.8) is 0 Å². The molecular weight excluding hydrogens is 180 g/mol. The molecule has 14 heavy (non-hydrogen) atoms. The highest BCUT2D eigenvalue weighted by Gasteiger charge is 2.25. The van der Waals surface area contributed by atoms with Crippen LogP contribution < -0.4 is 9.47 Å². The van der Waals surface area contributed by atoms with Crippen LogP contribution in [-0.2, 0) is 0 Å². The normalized spacial score (nSPS) is 14.6. The molecule has 1 aliphatic rings. The predicted octanol–water partition coefficient (Wildman–Crippen LogP) is 1.50. The van der Waals surface area contributed by atoms with Gasteiger partial charge in [0, 0.05) is 0 Å². The minimum absolute atomic E-state index is 0.260. The van der Waals surface area contributed by atoms with Crippen molar-refractivity contribution in [1.82, 2.24) is 4.98 Å². The first-order valence-electron chi connectivity index (χ1n) is 4.44. The standard InChI is InChI=1S/C10H10N2O2/c1-13-9-5-12-6-10(8(9)4-11)14-7-2-3-7/h5-7H,2-3H2,1H3. The molecular formula is C10H10N2O2. The van der Waals surface area contributed by atoms with E-state index in [0.717, 1.165) is 12.8 Å². The van der Waals surface area contributed by atoms with Gasteiger partial charge in [0.25, 0.3) is 0 Å².